The number of carboxylic acid groups (broad SMARTS) is 1. The van der Waals surface area contributed by atoms with Crippen molar-refractivity contribution in [1.29, 1.82) is 0 Å². The lowest BCUT2D eigenvalue weighted by atomic mass is 9.90. The number of nitrogens with zero attached hydrogens (tertiary/aromatic N) is 1. The van der Waals surface area contributed by atoms with Crippen LogP contribution in [-0.2, 0) is 4.79 Å². The number of ether oxygens (including phenoxy) is 1. The van der Waals surface area contributed by atoms with Crippen LogP contribution in [-0.4, -0.2) is 45.6 Å². The van der Waals surface area contributed by atoms with Crippen LogP contribution in [0.1, 0.15) is 28.9 Å². The minimum Gasteiger partial charge on any atom is -0.478 e. The van der Waals surface area contributed by atoms with Crippen LogP contribution >= 0.6 is 0 Å². The predicted octanol–water partition coefficient (Wildman–Crippen LogP) is 1.82. The summed E-state index contributed by atoms with van der Waals surface area (Å²) in [6, 6.07) is 11.9. The first kappa shape index (κ1) is 17.7. The van der Waals surface area contributed by atoms with Gasteiger partial charge in [-0.3, -0.25) is 9.59 Å². The molecule has 7 nitrogen and oxygen atoms in total. The van der Waals surface area contributed by atoms with Crippen LogP contribution < -0.4 is 10.3 Å². The topological polar surface area (TPSA) is 99.7 Å². The largest absolute Gasteiger partial charge is 0.478 e. The number of amides is 1. The van der Waals surface area contributed by atoms with Crippen LogP contribution in [0.4, 0.5) is 0 Å². The van der Waals surface area contributed by atoms with Crippen molar-refractivity contribution in [3.05, 3.63) is 64.1 Å². The summed E-state index contributed by atoms with van der Waals surface area (Å²) in [6.45, 7) is 2.13. The second-order valence-corrected chi connectivity index (χ2v) is 6.39. The number of aryl methyl sites for hydroxylation is 1. The van der Waals surface area contributed by atoms with E-state index in [1.165, 1.54) is 11.0 Å². The number of aromatic amines is 1. The monoisotopic (exact) mass is 356 g/mol. The number of para-hydroxylation sites is 1. The molecule has 0 radical (unpaired) electrons. The number of likely N-dealkylation sites (tertiary alicyclic amines) is 1. The Hall–Kier alpha value is -3.09. The van der Waals surface area contributed by atoms with E-state index in [4.69, 9.17) is 4.74 Å². The van der Waals surface area contributed by atoms with Gasteiger partial charge in [-0.15, -0.1) is 0 Å². The lowest BCUT2D eigenvalue weighted by Gasteiger charge is -2.38. The first-order chi connectivity index (χ1) is 12.4. The fourth-order valence-electron chi connectivity index (χ4n) is 3.06. The van der Waals surface area contributed by atoms with E-state index in [1.54, 1.807) is 37.3 Å². The van der Waals surface area contributed by atoms with E-state index in [9.17, 15) is 19.5 Å². The van der Waals surface area contributed by atoms with Crippen molar-refractivity contribution in [2.24, 2.45) is 0 Å². The second-order valence-electron chi connectivity index (χ2n) is 6.39. The molecule has 1 amide bonds. The molecule has 2 aromatic rings. The van der Waals surface area contributed by atoms with E-state index in [0.717, 1.165) is 0 Å². The highest BCUT2D eigenvalue weighted by Crippen LogP contribution is 2.29. The first-order valence-corrected chi connectivity index (χ1v) is 8.38. The highest BCUT2D eigenvalue weighted by molar-refractivity contribution is 5.94. The first-order valence-electron chi connectivity index (χ1n) is 8.38. The summed E-state index contributed by atoms with van der Waals surface area (Å²) in [4.78, 5) is 40.5. The molecule has 1 saturated heterocycles. The summed E-state index contributed by atoms with van der Waals surface area (Å²) in [5.74, 6) is -0.976. The second kappa shape index (κ2) is 7.03. The molecule has 1 aliphatic rings. The number of hydrogen-bond donors (Lipinski definition) is 2. The van der Waals surface area contributed by atoms with Crippen molar-refractivity contribution in [3.63, 3.8) is 0 Å². The number of H-pyrrole nitrogens is 1. The number of piperidine rings is 1. The Morgan fingerprint density at radius 2 is 1.77 bits per heavy atom. The molecule has 136 valence electrons. The number of hydrogen-bond acceptors (Lipinski definition) is 4. The fourth-order valence-corrected chi connectivity index (χ4v) is 3.06. The van der Waals surface area contributed by atoms with Crippen LogP contribution in [0.2, 0.25) is 0 Å². The normalized spacial score (nSPS) is 16.1. The number of benzene rings is 1. The quantitative estimate of drug-likeness (QED) is 0.870. The van der Waals surface area contributed by atoms with Gasteiger partial charge in [-0.05, 0) is 31.2 Å². The average Bonchev–Trinajstić information content (AvgIpc) is 2.62. The molecular formula is C19H20N2O5. The molecule has 0 saturated carbocycles. The van der Waals surface area contributed by atoms with Gasteiger partial charge < -0.3 is 19.7 Å². The van der Waals surface area contributed by atoms with E-state index in [1.807, 2.05) is 6.07 Å². The van der Waals surface area contributed by atoms with E-state index in [0.29, 0.717) is 11.4 Å². The Morgan fingerprint density at radius 3 is 2.35 bits per heavy atom. The number of carbonyl (C=O) groups is 2. The molecule has 2 heterocycles. The maximum Gasteiger partial charge on any atom is 0.348 e. The molecule has 1 aromatic heterocycles. The number of pyridine rings is 1. The molecule has 0 atom stereocenters. The van der Waals surface area contributed by atoms with Gasteiger partial charge in [0.1, 0.15) is 11.3 Å². The molecule has 0 unspecified atom stereocenters. The average molecular weight is 356 g/mol. The van der Waals surface area contributed by atoms with Crippen LogP contribution in [0.25, 0.3) is 0 Å². The highest BCUT2D eigenvalue weighted by Gasteiger charge is 2.45. The number of nitrogens with one attached hydrogen (secondary N) is 1. The number of aliphatic carboxylic acids is 1. The van der Waals surface area contributed by atoms with Crippen LogP contribution in [0.5, 0.6) is 5.75 Å². The number of aromatic nitrogens is 1. The Balaban J connectivity index is 1.74. The molecular weight excluding hydrogens is 336 g/mol. The minimum atomic E-state index is -1.38. The van der Waals surface area contributed by atoms with Gasteiger partial charge in [0.15, 0.2) is 0 Å². The van der Waals surface area contributed by atoms with Gasteiger partial charge in [-0.25, -0.2) is 4.79 Å². The van der Waals surface area contributed by atoms with E-state index < -0.39 is 23.0 Å². The number of carboxylic acids is 1. The van der Waals surface area contributed by atoms with Crippen LogP contribution in [0.15, 0.2) is 47.3 Å². The van der Waals surface area contributed by atoms with Crippen molar-refractivity contribution in [3.8, 4) is 5.75 Å². The smallest absolute Gasteiger partial charge is 0.348 e. The Bertz CT molecular complexity index is 867. The number of rotatable bonds is 4. The van der Waals surface area contributed by atoms with Crippen molar-refractivity contribution in [2.75, 3.05) is 13.1 Å². The third-order valence-corrected chi connectivity index (χ3v) is 4.59. The lowest BCUT2D eigenvalue weighted by Crippen LogP contribution is -2.54. The summed E-state index contributed by atoms with van der Waals surface area (Å²) in [6.07, 6.45) is 0.291. The van der Waals surface area contributed by atoms with Gasteiger partial charge in [0.05, 0.1) is 0 Å². The van der Waals surface area contributed by atoms with E-state index >= 15 is 0 Å². The van der Waals surface area contributed by atoms with Crippen molar-refractivity contribution >= 4 is 11.9 Å². The maximum atomic E-state index is 12.6. The summed E-state index contributed by atoms with van der Waals surface area (Å²) >= 11 is 0. The van der Waals surface area contributed by atoms with E-state index in [2.05, 4.69) is 4.98 Å². The summed E-state index contributed by atoms with van der Waals surface area (Å²) in [7, 11) is 0. The molecule has 7 heteroatoms. The summed E-state index contributed by atoms with van der Waals surface area (Å²) < 4.78 is 5.77. The van der Waals surface area contributed by atoms with Gasteiger partial charge in [0, 0.05) is 31.6 Å². The van der Waals surface area contributed by atoms with Gasteiger partial charge in [-0.2, -0.15) is 0 Å². The minimum absolute atomic E-state index is 0.0578. The van der Waals surface area contributed by atoms with Crippen molar-refractivity contribution in [1.82, 2.24) is 9.88 Å². The van der Waals surface area contributed by atoms with Crippen molar-refractivity contribution < 1.29 is 19.4 Å². The van der Waals surface area contributed by atoms with E-state index in [-0.39, 0.29) is 31.5 Å². The third kappa shape index (κ3) is 3.46. The van der Waals surface area contributed by atoms with Gasteiger partial charge in [-0.1, -0.05) is 18.2 Å². The molecule has 26 heavy (non-hydrogen) atoms. The summed E-state index contributed by atoms with van der Waals surface area (Å²) in [5.41, 5.74) is -1.09. The molecule has 3 rings (SSSR count). The van der Waals surface area contributed by atoms with Gasteiger partial charge >= 0.3 is 5.97 Å². The molecule has 1 fully saturated rings. The fraction of sp³-hybridized carbons (Fsp3) is 0.316. The zero-order valence-electron chi connectivity index (χ0n) is 14.4. The molecule has 0 bridgehead atoms. The SMILES string of the molecule is Cc1ccc(C(=O)N2CCC(Oc3ccccc3)(C(=O)O)CC2)c(=O)[nH]1. The Labute approximate surface area is 150 Å². The third-order valence-electron chi connectivity index (χ3n) is 4.59. The van der Waals surface area contributed by atoms with Gasteiger partial charge in [0.25, 0.3) is 11.5 Å². The van der Waals surface area contributed by atoms with Crippen molar-refractivity contribution in [2.45, 2.75) is 25.4 Å². The van der Waals surface area contributed by atoms with Gasteiger partial charge in [0.2, 0.25) is 5.60 Å². The zero-order valence-corrected chi connectivity index (χ0v) is 14.4. The Kier molecular flexibility index (Phi) is 4.79. The van der Waals surface area contributed by atoms with Crippen LogP contribution in [0, 0.1) is 6.92 Å². The Morgan fingerprint density at radius 1 is 1.12 bits per heavy atom. The van der Waals surface area contributed by atoms with Crippen LogP contribution in [0.3, 0.4) is 0 Å². The standard InChI is InChI=1S/C19H20N2O5/c1-13-7-8-15(16(22)20-13)17(23)21-11-9-19(10-12-21,18(24)25)26-14-5-3-2-4-6-14/h2-8H,9-12H2,1H3,(H,20,22)(H,24,25). The molecule has 1 aliphatic heterocycles. The zero-order chi connectivity index (χ0) is 18.7. The molecule has 2 N–H and O–H groups in total. The molecule has 0 aliphatic carbocycles. The number of carbonyl (C=O) groups excluding carboxylic acids is 1. The highest BCUT2D eigenvalue weighted by atomic mass is 16.5. The maximum absolute atomic E-state index is 12.6. The molecule has 0 spiro atoms. The lowest BCUT2D eigenvalue weighted by molar-refractivity contribution is -0.159. The molecule has 1 aromatic carbocycles. The predicted molar refractivity (Wildman–Crippen MR) is 94.4 cm³/mol. The summed E-state index contributed by atoms with van der Waals surface area (Å²) in [5, 5.41) is 9.68.